The highest BCUT2D eigenvalue weighted by Gasteiger charge is 2.33. The van der Waals surface area contributed by atoms with Gasteiger partial charge in [-0.25, -0.2) is 0 Å². The van der Waals surface area contributed by atoms with Gasteiger partial charge in [0.05, 0.1) is 11.6 Å². The molecule has 0 bridgehead atoms. The fraction of sp³-hybridized carbons (Fsp3) is 0.259. The Balaban J connectivity index is 1.76. The summed E-state index contributed by atoms with van der Waals surface area (Å²) in [5.74, 6) is 0.334. The molecule has 0 aliphatic heterocycles. The molecule has 1 N–H and O–H groups in total. The molecule has 0 aliphatic carbocycles. The summed E-state index contributed by atoms with van der Waals surface area (Å²) in [5, 5.41) is 12.9. The minimum Gasteiger partial charge on any atom is -0.478 e. The van der Waals surface area contributed by atoms with Gasteiger partial charge in [0, 0.05) is 17.0 Å². The van der Waals surface area contributed by atoms with Gasteiger partial charge in [0.2, 0.25) is 0 Å². The maximum Gasteiger partial charge on any atom is 0.263 e. The summed E-state index contributed by atoms with van der Waals surface area (Å²) in [7, 11) is 0. The second-order valence-electron chi connectivity index (χ2n) is 8.36. The molecule has 0 fully saturated rings. The summed E-state index contributed by atoms with van der Waals surface area (Å²) in [6, 6.07) is 26.7. The van der Waals surface area contributed by atoms with Crippen LogP contribution in [0.4, 0.5) is 0 Å². The van der Waals surface area contributed by atoms with Gasteiger partial charge < -0.3 is 10.1 Å². The van der Waals surface area contributed by atoms with Crippen LogP contribution in [0.3, 0.4) is 0 Å². The molecule has 4 nitrogen and oxygen atoms in total. The molecule has 1 amide bonds. The quantitative estimate of drug-likeness (QED) is 0.468. The van der Waals surface area contributed by atoms with Gasteiger partial charge in [0.25, 0.3) is 5.91 Å². The number of carbonyl (C=O) groups excluding carboxylic acids is 1. The van der Waals surface area contributed by atoms with E-state index in [0.29, 0.717) is 16.3 Å². The molecule has 0 heterocycles. The van der Waals surface area contributed by atoms with Gasteiger partial charge in [-0.3, -0.25) is 4.79 Å². The first kappa shape index (κ1) is 23.4. The smallest absolute Gasteiger partial charge is 0.263 e. The van der Waals surface area contributed by atoms with Gasteiger partial charge in [-0.05, 0) is 68.7 Å². The number of hydrogen-bond donors (Lipinski definition) is 1. The van der Waals surface area contributed by atoms with E-state index in [-0.39, 0.29) is 17.9 Å². The van der Waals surface area contributed by atoms with Gasteiger partial charge in [-0.1, -0.05) is 60.1 Å². The molecule has 1 unspecified atom stereocenters. The first-order valence-electron chi connectivity index (χ1n) is 10.6. The highest BCUT2D eigenvalue weighted by molar-refractivity contribution is 6.30. The lowest BCUT2D eigenvalue weighted by Crippen LogP contribution is -2.51. The van der Waals surface area contributed by atoms with Crippen molar-refractivity contribution in [1.82, 2.24) is 5.32 Å². The van der Waals surface area contributed by atoms with E-state index in [2.05, 4.69) is 23.5 Å². The molecule has 0 aliphatic rings. The Morgan fingerprint density at radius 3 is 2.41 bits per heavy atom. The van der Waals surface area contributed by atoms with Crippen LogP contribution in [-0.2, 0) is 11.2 Å². The predicted octanol–water partition coefficient (Wildman–Crippen LogP) is 5.90. The van der Waals surface area contributed by atoms with Gasteiger partial charge in [-0.2, -0.15) is 5.26 Å². The Morgan fingerprint density at radius 1 is 1.06 bits per heavy atom. The van der Waals surface area contributed by atoms with E-state index in [1.54, 1.807) is 38.1 Å². The van der Waals surface area contributed by atoms with E-state index in [1.165, 1.54) is 0 Å². The molecule has 164 valence electrons. The lowest BCUT2D eigenvalue weighted by Gasteiger charge is -2.31. The number of ether oxygens (including phenoxy) is 1. The van der Waals surface area contributed by atoms with Crippen molar-refractivity contribution in [2.24, 2.45) is 0 Å². The molecule has 0 aromatic heterocycles. The fourth-order valence-corrected chi connectivity index (χ4v) is 3.74. The molecule has 0 spiro atoms. The molecule has 0 radical (unpaired) electrons. The summed E-state index contributed by atoms with van der Waals surface area (Å²) < 4.78 is 5.95. The summed E-state index contributed by atoms with van der Waals surface area (Å²) in [5.41, 5.74) is 1.67. The van der Waals surface area contributed by atoms with E-state index in [4.69, 9.17) is 21.6 Å². The SMILES string of the molecule is C[C@H](NC(=O)C(C)(C)Oc1cccc(C#N)c1)C(Cc1ccc(Cl)cc1)c1ccccc1. The first-order valence-corrected chi connectivity index (χ1v) is 11.0. The Labute approximate surface area is 194 Å². The lowest BCUT2D eigenvalue weighted by atomic mass is 9.86. The van der Waals surface area contributed by atoms with Crippen molar-refractivity contribution >= 4 is 17.5 Å². The van der Waals surface area contributed by atoms with Crippen LogP contribution in [0, 0.1) is 11.3 Å². The number of rotatable bonds is 8. The van der Waals surface area contributed by atoms with Gasteiger partial charge in [0.1, 0.15) is 5.75 Å². The number of nitrogens with zero attached hydrogens (tertiary/aromatic N) is 1. The zero-order valence-electron chi connectivity index (χ0n) is 18.5. The summed E-state index contributed by atoms with van der Waals surface area (Å²) in [6.07, 6.45) is 0.758. The van der Waals surface area contributed by atoms with Crippen LogP contribution in [0.2, 0.25) is 5.02 Å². The zero-order valence-corrected chi connectivity index (χ0v) is 19.3. The molecule has 3 aromatic carbocycles. The number of amides is 1. The van der Waals surface area contributed by atoms with Crippen LogP contribution in [0.25, 0.3) is 0 Å². The second-order valence-corrected chi connectivity index (χ2v) is 8.80. The predicted molar refractivity (Wildman–Crippen MR) is 128 cm³/mol. The van der Waals surface area contributed by atoms with E-state index < -0.39 is 5.60 Å². The Kier molecular flexibility index (Phi) is 7.56. The largest absolute Gasteiger partial charge is 0.478 e. The normalized spacial score (nSPS) is 13.0. The fourth-order valence-electron chi connectivity index (χ4n) is 3.61. The van der Waals surface area contributed by atoms with Crippen molar-refractivity contribution in [3.63, 3.8) is 0 Å². The van der Waals surface area contributed by atoms with Gasteiger partial charge in [0.15, 0.2) is 5.60 Å². The average molecular weight is 447 g/mol. The first-order chi connectivity index (χ1) is 15.3. The third-order valence-corrected chi connectivity index (χ3v) is 5.69. The molecule has 3 rings (SSSR count). The van der Waals surface area contributed by atoms with Crippen LogP contribution in [0.1, 0.15) is 43.4 Å². The number of halogens is 1. The number of benzene rings is 3. The monoisotopic (exact) mass is 446 g/mol. The highest BCUT2D eigenvalue weighted by atomic mass is 35.5. The molecule has 2 atom stereocenters. The molecule has 3 aromatic rings. The van der Waals surface area contributed by atoms with Gasteiger partial charge >= 0.3 is 0 Å². The zero-order chi connectivity index (χ0) is 23.1. The summed E-state index contributed by atoms with van der Waals surface area (Å²) in [4.78, 5) is 13.1. The Bertz CT molecular complexity index is 1090. The Morgan fingerprint density at radius 2 is 1.75 bits per heavy atom. The van der Waals surface area contributed by atoms with Crippen LogP contribution in [0.5, 0.6) is 5.75 Å². The molecular formula is C27H27ClN2O2. The van der Waals surface area contributed by atoms with Gasteiger partial charge in [-0.15, -0.1) is 0 Å². The van der Waals surface area contributed by atoms with Crippen LogP contribution >= 0.6 is 11.6 Å². The Hall–Kier alpha value is -3.29. The molecule has 0 saturated heterocycles. The highest BCUT2D eigenvalue weighted by Crippen LogP contribution is 2.26. The second kappa shape index (κ2) is 10.3. The minimum atomic E-state index is -1.11. The third-order valence-electron chi connectivity index (χ3n) is 5.44. The van der Waals surface area contributed by atoms with E-state index in [0.717, 1.165) is 17.5 Å². The molecule has 32 heavy (non-hydrogen) atoms. The standard InChI is InChI=1S/C27H27ClN2O2/c1-19(30-26(31)27(2,3)32-24-11-7-8-21(16-24)18-29)25(22-9-5-4-6-10-22)17-20-12-14-23(28)15-13-20/h4-16,19,25H,17H2,1-3H3,(H,30,31)/t19-,25?/m0/s1. The van der Waals surface area contributed by atoms with Crippen LogP contribution in [-0.4, -0.2) is 17.6 Å². The number of hydrogen-bond acceptors (Lipinski definition) is 3. The van der Waals surface area contributed by atoms with E-state index >= 15 is 0 Å². The molecular weight excluding hydrogens is 420 g/mol. The minimum absolute atomic E-state index is 0.0686. The number of carbonyl (C=O) groups is 1. The van der Waals surface area contributed by atoms with E-state index in [1.807, 2.05) is 49.4 Å². The van der Waals surface area contributed by atoms with Crippen LogP contribution < -0.4 is 10.1 Å². The summed E-state index contributed by atoms with van der Waals surface area (Å²) >= 11 is 6.04. The topological polar surface area (TPSA) is 62.1 Å². The maximum atomic E-state index is 13.1. The van der Waals surface area contributed by atoms with Crippen molar-refractivity contribution in [1.29, 1.82) is 5.26 Å². The maximum absolute atomic E-state index is 13.1. The average Bonchev–Trinajstić information content (AvgIpc) is 2.79. The summed E-state index contributed by atoms with van der Waals surface area (Å²) in [6.45, 7) is 5.47. The van der Waals surface area contributed by atoms with E-state index in [9.17, 15) is 4.79 Å². The molecule has 0 saturated carbocycles. The van der Waals surface area contributed by atoms with Crippen molar-refractivity contribution in [2.45, 2.75) is 44.8 Å². The molecule has 5 heteroatoms. The number of nitrogens with one attached hydrogen (secondary N) is 1. The lowest BCUT2D eigenvalue weighted by molar-refractivity contribution is -0.135. The van der Waals surface area contributed by atoms with Crippen molar-refractivity contribution in [3.8, 4) is 11.8 Å². The van der Waals surface area contributed by atoms with Crippen molar-refractivity contribution in [2.75, 3.05) is 0 Å². The van der Waals surface area contributed by atoms with Crippen molar-refractivity contribution < 1.29 is 9.53 Å². The van der Waals surface area contributed by atoms with Crippen LogP contribution in [0.15, 0.2) is 78.9 Å². The third kappa shape index (κ3) is 6.12. The number of nitriles is 1. The van der Waals surface area contributed by atoms with Crippen molar-refractivity contribution in [3.05, 3.63) is 101 Å².